The maximum absolute atomic E-state index is 11.1. The summed E-state index contributed by atoms with van der Waals surface area (Å²) in [7, 11) is 0. The molecular weight excluding hydrogens is 158 g/mol. The van der Waals surface area contributed by atoms with Gasteiger partial charge in [0.1, 0.15) is 6.61 Å². The molecule has 12 heavy (non-hydrogen) atoms. The predicted octanol–water partition coefficient (Wildman–Crippen LogP) is 0.376. The Balaban J connectivity index is 2.28. The van der Waals surface area contributed by atoms with Crippen molar-refractivity contribution in [3.63, 3.8) is 0 Å². The van der Waals surface area contributed by atoms with Gasteiger partial charge in [-0.1, -0.05) is 12.7 Å². The molecule has 0 spiro atoms. The van der Waals surface area contributed by atoms with Gasteiger partial charge in [-0.25, -0.2) is 4.79 Å². The molecule has 0 aliphatic carbocycles. The molecule has 1 rings (SSSR count). The molecule has 0 aromatic carbocycles. The number of ether oxygens (including phenoxy) is 1. The van der Waals surface area contributed by atoms with Crippen molar-refractivity contribution in [2.24, 2.45) is 0 Å². The number of carbonyl (C=O) groups excluding carboxylic acids is 1. The van der Waals surface area contributed by atoms with Crippen molar-refractivity contribution in [2.45, 2.75) is 12.5 Å². The third-order valence-corrected chi connectivity index (χ3v) is 1.75. The smallest absolute Gasteiger partial charge is 0.410 e. The van der Waals surface area contributed by atoms with Crippen LogP contribution in [-0.4, -0.2) is 41.9 Å². The number of nitrogens with zero attached hydrogens (tertiary/aromatic N) is 1. The van der Waals surface area contributed by atoms with Gasteiger partial charge in [-0.3, -0.25) is 0 Å². The molecule has 1 N–H and O–H groups in total. The zero-order chi connectivity index (χ0) is 8.97. The molecule has 1 atom stereocenters. The van der Waals surface area contributed by atoms with E-state index in [-0.39, 0.29) is 18.8 Å². The summed E-state index contributed by atoms with van der Waals surface area (Å²) < 4.78 is 4.78. The van der Waals surface area contributed by atoms with Gasteiger partial charge in [0.05, 0.1) is 6.10 Å². The van der Waals surface area contributed by atoms with Crippen LogP contribution in [0.25, 0.3) is 0 Å². The maximum atomic E-state index is 11.1. The molecule has 0 bridgehead atoms. The number of rotatable bonds is 2. The van der Waals surface area contributed by atoms with Crippen molar-refractivity contribution in [2.75, 3.05) is 19.7 Å². The number of hydrogen-bond acceptors (Lipinski definition) is 3. The van der Waals surface area contributed by atoms with Crippen LogP contribution in [0.4, 0.5) is 4.79 Å². The first-order valence-corrected chi connectivity index (χ1v) is 3.94. The van der Waals surface area contributed by atoms with E-state index in [4.69, 9.17) is 9.84 Å². The summed E-state index contributed by atoms with van der Waals surface area (Å²) in [5, 5.41) is 9.10. The van der Waals surface area contributed by atoms with E-state index in [2.05, 4.69) is 6.58 Å². The highest BCUT2D eigenvalue weighted by Crippen LogP contribution is 2.09. The Labute approximate surface area is 71.4 Å². The summed E-state index contributed by atoms with van der Waals surface area (Å²) in [6.45, 7) is 4.62. The molecule has 1 amide bonds. The molecule has 1 saturated heterocycles. The van der Waals surface area contributed by atoms with Crippen molar-refractivity contribution in [1.29, 1.82) is 0 Å². The largest absolute Gasteiger partial charge is 0.445 e. The summed E-state index contributed by atoms with van der Waals surface area (Å²) in [4.78, 5) is 12.6. The first-order chi connectivity index (χ1) is 5.74. The number of amides is 1. The molecule has 1 aliphatic rings. The number of aliphatic hydroxyl groups is 1. The summed E-state index contributed by atoms with van der Waals surface area (Å²) in [6.07, 6.45) is 1.40. The standard InChI is InChI=1S/C8H13NO3/c1-2-5-12-8(11)9-4-3-7(10)6-9/h2,7,10H,1,3-6H2/t7-/m1/s1. The lowest BCUT2D eigenvalue weighted by molar-refractivity contribution is 0.112. The highest BCUT2D eigenvalue weighted by atomic mass is 16.6. The van der Waals surface area contributed by atoms with Gasteiger partial charge >= 0.3 is 6.09 Å². The Morgan fingerprint density at radius 1 is 1.83 bits per heavy atom. The van der Waals surface area contributed by atoms with E-state index in [0.29, 0.717) is 19.5 Å². The molecule has 1 heterocycles. The second-order valence-electron chi connectivity index (χ2n) is 2.75. The van der Waals surface area contributed by atoms with Crippen LogP contribution in [0, 0.1) is 0 Å². The monoisotopic (exact) mass is 171 g/mol. The maximum Gasteiger partial charge on any atom is 0.410 e. The number of hydrogen-bond donors (Lipinski definition) is 1. The zero-order valence-electron chi connectivity index (χ0n) is 6.90. The third kappa shape index (κ3) is 2.23. The van der Waals surface area contributed by atoms with Crippen LogP contribution in [-0.2, 0) is 4.74 Å². The normalized spacial score (nSPS) is 22.4. The van der Waals surface area contributed by atoms with Gasteiger partial charge in [0.15, 0.2) is 0 Å². The van der Waals surface area contributed by atoms with Crippen LogP contribution < -0.4 is 0 Å². The Bertz CT molecular complexity index is 181. The fraction of sp³-hybridized carbons (Fsp3) is 0.625. The second-order valence-corrected chi connectivity index (χ2v) is 2.75. The molecule has 4 heteroatoms. The van der Waals surface area contributed by atoms with Crippen LogP contribution in [0.5, 0.6) is 0 Å². The van der Waals surface area contributed by atoms with Gasteiger partial charge in [0.25, 0.3) is 0 Å². The minimum atomic E-state index is -0.388. The summed E-state index contributed by atoms with van der Waals surface area (Å²) in [5.41, 5.74) is 0. The molecule has 0 radical (unpaired) electrons. The number of aliphatic hydroxyl groups excluding tert-OH is 1. The minimum absolute atomic E-state index is 0.228. The third-order valence-electron chi connectivity index (χ3n) is 1.75. The van der Waals surface area contributed by atoms with Crippen molar-refractivity contribution < 1.29 is 14.6 Å². The van der Waals surface area contributed by atoms with Crippen molar-refractivity contribution in [3.05, 3.63) is 12.7 Å². The molecule has 0 aromatic heterocycles. The Morgan fingerprint density at radius 2 is 2.58 bits per heavy atom. The molecule has 0 saturated carbocycles. The summed E-state index contributed by atoms with van der Waals surface area (Å²) in [6, 6.07) is 0. The van der Waals surface area contributed by atoms with Crippen molar-refractivity contribution >= 4 is 6.09 Å². The number of likely N-dealkylation sites (tertiary alicyclic amines) is 1. The average molecular weight is 171 g/mol. The highest BCUT2D eigenvalue weighted by Gasteiger charge is 2.25. The molecular formula is C8H13NO3. The fourth-order valence-electron chi connectivity index (χ4n) is 1.13. The van der Waals surface area contributed by atoms with Crippen molar-refractivity contribution in [1.82, 2.24) is 4.90 Å². The lowest BCUT2D eigenvalue weighted by atomic mass is 10.3. The van der Waals surface area contributed by atoms with Crippen LogP contribution in [0.3, 0.4) is 0 Å². The van der Waals surface area contributed by atoms with E-state index in [9.17, 15) is 4.79 Å². The number of carbonyl (C=O) groups is 1. The lowest BCUT2D eigenvalue weighted by Gasteiger charge is -2.13. The summed E-state index contributed by atoms with van der Waals surface area (Å²) >= 11 is 0. The van der Waals surface area contributed by atoms with Crippen molar-refractivity contribution in [3.8, 4) is 0 Å². The van der Waals surface area contributed by atoms with Crippen LogP contribution in [0.2, 0.25) is 0 Å². The van der Waals surface area contributed by atoms with Gasteiger partial charge in [-0.05, 0) is 6.42 Å². The SMILES string of the molecule is C=CCOC(=O)N1CC[C@@H](O)C1. The average Bonchev–Trinajstić information content (AvgIpc) is 2.47. The lowest BCUT2D eigenvalue weighted by Crippen LogP contribution is -2.30. The Kier molecular flexibility index (Phi) is 3.10. The van der Waals surface area contributed by atoms with E-state index in [1.807, 2.05) is 0 Å². The van der Waals surface area contributed by atoms with Gasteiger partial charge < -0.3 is 14.7 Å². The second kappa shape index (κ2) is 4.11. The Morgan fingerprint density at radius 3 is 3.08 bits per heavy atom. The van der Waals surface area contributed by atoms with E-state index >= 15 is 0 Å². The number of β-amino-alcohol motifs (C(OH)–C–C–N with tert-alkyl or cyclic N) is 1. The van der Waals surface area contributed by atoms with Gasteiger partial charge in [0, 0.05) is 13.1 Å². The quantitative estimate of drug-likeness (QED) is 0.611. The van der Waals surface area contributed by atoms with Gasteiger partial charge in [0.2, 0.25) is 0 Å². The highest BCUT2D eigenvalue weighted by molar-refractivity contribution is 5.68. The molecule has 1 fully saturated rings. The zero-order valence-corrected chi connectivity index (χ0v) is 6.90. The molecule has 0 unspecified atom stereocenters. The first-order valence-electron chi connectivity index (χ1n) is 3.94. The van der Waals surface area contributed by atoms with E-state index < -0.39 is 0 Å². The van der Waals surface area contributed by atoms with Crippen LogP contribution >= 0.6 is 0 Å². The minimum Gasteiger partial charge on any atom is -0.445 e. The van der Waals surface area contributed by atoms with Gasteiger partial charge in [-0.15, -0.1) is 0 Å². The molecule has 68 valence electrons. The topological polar surface area (TPSA) is 49.8 Å². The summed E-state index contributed by atoms with van der Waals surface area (Å²) in [5.74, 6) is 0. The molecule has 1 aliphatic heterocycles. The van der Waals surface area contributed by atoms with Gasteiger partial charge in [-0.2, -0.15) is 0 Å². The first kappa shape index (κ1) is 9.06. The fourth-order valence-corrected chi connectivity index (χ4v) is 1.13. The predicted molar refractivity (Wildman–Crippen MR) is 43.7 cm³/mol. The van der Waals surface area contributed by atoms with E-state index in [1.165, 1.54) is 11.0 Å². The van der Waals surface area contributed by atoms with Crippen LogP contribution in [0.15, 0.2) is 12.7 Å². The van der Waals surface area contributed by atoms with E-state index in [1.54, 1.807) is 0 Å². The van der Waals surface area contributed by atoms with Crippen LogP contribution in [0.1, 0.15) is 6.42 Å². The molecule has 4 nitrogen and oxygen atoms in total. The molecule has 0 aromatic rings. The Hall–Kier alpha value is -1.03. The van der Waals surface area contributed by atoms with E-state index in [0.717, 1.165) is 0 Å².